The average Bonchev–Trinajstić information content (AvgIpc) is 2.37. The van der Waals surface area contributed by atoms with E-state index in [1.807, 2.05) is 42.5 Å². The van der Waals surface area contributed by atoms with E-state index in [1.165, 1.54) is 5.56 Å². The predicted octanol–water partition coefficient (Wildman–Crippen LogP) is 3.81. The molecule has 0 aliphatic carbocycles. The molecule has 0 fully saturated rings. The van der Waals surface area contributed by atoms with Gasteiger partial charge in [0.15, 0.2) is 0 Å². The summed E-state index contributed by atoms with van der Waals surface area (Å²) in [6, 6.07) is 14.2. The fourth-order valence-electron chi connectivity index (χ4n) is 1.37. The maximum atomic E-state index is 3.97. The van der Waals surface area contributed by atoms with E-state index in [9.17, 15) is 0 Å². The Bertz CT molecular complexity index is 422. The molecule has 0 bridgehead atoms. The first-order valence-corrected chi connectivity index (χ1v) is 5.25. The first kappa shape index (κ1) is 10.4. The summed E-state index contributed by atoms with van der Waals surface area (Å²) in [5.41, 5.74) is 2.37. The zero-order valence-electron chi connectivity index (χ0n) is 8.95. The van der Waals surface area contributed by atoms with Gasteiger partial charge in [-0.05, 0) is 23.3 Å². The van der Waals surface area contributed by atoms with Crippen molar-refractivity contribution in [1.82, 2.24) is 4.98 Å². The summed E-state index contributed by atoms with van der Waals surface area (Å²) in [4.78, 5) is 3.97. The lowest BCUT2D eigenvalue weighted by Gasteiger charge is -1.90. The van der Waals surface area contributed by atoms with Crippen LogP contribution in [0.2, 0.25) is 0 Å². The van der Waals surface area contributed by atoms with Gasteiger partial charge in [0.2, 0.25) is 0 Å². The molecule has 0 spiro atoms. The van der Waals surface area contributed by atoms with Crippen LogP contribution in [-0.2, 0) is 0 Å². The van der Waals surface area contributed by atoms with Crippen molar-refractivity contribution in [3.05, 3.63) is 78.1 Å². The lowest BCUT2D eigenvalue weighted by Crippen LogP contribution is -1.71. The molecule has 1 aromatic heterocycles. The van der Waals surface area contributed by atoms with Gasteiger partial charge in [-0.3, -0.25) is 4.98 Å². The summed E-state index contributed by atoms with van der Waals surface area (Å²) in [7, 11) is 0. The number of hydrogen-bond donors (Lipinski definition) is 0. The van der Waals surface area contributed by atoms with Crippen molar-refractivity contribution in [1.29, 1.82) is 0 Å². The number of allylic oxidation sites excluding steroid dienone is 2. The van der Waals surface area contributed by atoms with E-state index < -0.39 is 0 Å². The summed E-state index contributed by atoms with van der Waals surface area (Å²) in [5, 5.41) is 0. The number of aromatic nitrogens is 1. The van der Waals surface area contributed by atoms with Crippen LogP contribution in [0.15, 0.2) is 67.0 Å². The van der Waals surface area contributed by atoms with Crippen LogP contribution in [-0.4, -0.2) is 4.98 Å². The van der Waals surface area contributed by atoms with Gasteiger partial charge in [-0.15, -0.1) is 0 Å². The van der Waals surface area contributed by atoms with Crippen molar-refractivity contribution in [3.8, 4) is 0 Å². The van der Waals surface area contributed by atoms with Crippen LogP contribution in [0, 0.1) is 0 Å². The number of hydrogen-bond acceptors (Lipinski definition) is 1. The average molecular weight is 207 g/mol. The molecule has 1 heteroatoms. The minimum Gasteiger partial charge on any atom is -0.265 e. The molecule has 2 rings (SSSR count). The van der Waals surface area contributed by atoms with E-state index >= 15 is 0 Å². The minimum absolute atomic E-state index is 1.16. The lowest BCUT2D eigenvalue weighted by atomic mass is 10.2. The molecule has 0 radical (unpaired) electrons. The van der Waals surface area contributed by atoms with Gasteiger partial charge in [-0.1, -0.05) is 54.6 Å². The van der Waals surface area contributed by atoms with Crippen molar-refractivity contribution in [3.63, 3.8) is 0 Å². The van der Waals surface area contributed by atoms with E-state index in [2.05, 4.69) is 29.3 Å². The molecular weight excluding hydrogens is 194 g/mol. The topological polar surface area (TPSA) is 12.9 Å². The lowest BCUT2D eigenvalue weighted by molar-refractivity contribution is 1.32. The minimum atomic E-state index is 1.16. The van der Waals surface area contributed by atoms with Crippen molar-refractivity contribution < 1.29 is 0 Å². The first-order chi connectivity index (χ1) is 7.95. The molecular formula is C15H13N. The fourth-order valence-corrected chi connectivity index (χ4v) is 1.37. The van der Waals surface area contributed by atoms with Gasteiger partial charge in [0.05, 0.1) is 0 Å². The van der Waals surface area contributed by atoms with E-state index in [4.69, 9.17) is 0 Å². The molecule has 1 heterocycles. The van der Waals surface area contributed by atoms with Crippen LogP contribution in [0.3, 0.4) is 0 Å². The molecule has 0 unspecified atom stereocenters. The third-order valence-electron chi connectivity index (χ3n) is 2.19. The second kappa shape index (κ2) is 5.66. The highest BCUT2D eigenvalue weighted by Crippen LogP contribution is 2.03. The Morgan fingerprint density at radius 1 is 0.688 bits per heavy atom. The summed E-state index contributed by atoms with van der Waals surface area (Å²) in [6.45, 7) is 0. The molecule has 16 heavy (non-hydrogen) atoms. The Labute approximate surface area is 95.8 Å². The Hall–Kier alpha value is -2.15. The zero-order valence-corrected chi connectivity index (χ0v) is 8.95. The highest BCUT2D eigenvalue weighted by molar-refractivity contribution is 5.56. The molecule has 1 nitrogen and oxygen atoms in total. The van der Waals surface area contributed by atoms with Gasteiger partial charge in [-0.2, -0.15) is 0 Å². The second-order valence-electron chi connectivity index (χ2n) is 3.41. The van der Waals surface area contributed by atoms with Gasteiger partial charge in [-0.25, -0.2) is 0 Å². The van der Waals surface area contributed by atoms with Crippen LogP contribution in [0.1, 0.15) is 11.1 Å². The van der Waals surface area contributed by atoms with Gasteiger partial charge < -0.3 is 0 Å². The molecule has 0 aliphatic rings. The van der Waals surface area contributed by atoms with Crippen molar-refractivity contribution in [2.75, 3.05) is 0 Å². The van der Waals surface area contributed by atoms with Crippen LogP contribution in [0.25, 0.3) is 12.2 Å². The summed E-state index contributed by atoms with van der Waals surface area (Å²) in [5.74, 6) is 0. The quantitative estimate of drug-likeness (QED) is 0.697. The molecule has 0 aliphatic heterocycles. The summed E-state index contributed by atoms with van der Waals surface area (Å²) in [6.07, 6.45) is 11.8. The number of rotatable bonds is 3. The van der Waals surface area contributed by atoms with Gasteiger partial charge >= 0.3 is 0 Å². The van der Waals surface area contributed by atoms with Crippen molar-refractivity contribution in [2.45, 2.75) is 0 Å². The molecule has 1 aromatic carbocycles. The van der Waals surface area contributed by atoms with Crippen LogP contribution >= 0.6 is 0 Å². The molecule has 2 aromatic rings. The standard InChI is InChI=1S/C15H13N/c1-2-6-14(7-3-1)8-4-5-9-15-10-12-16-13-11-15/h1-13H/b8-4-,9-5-. The Balaban J connectivity index is 1.98. The third kappa shape index (κ3) is 3.21. The molecule has 78 valence electrons. The molecule has 0 saturated carbocycles. The third-order valence-corrected chi connectivity index (χ3v) is 2.19. The zero-order chi connectivity index (χ0) is 11.1. The van der Waals surface area contributed by atoms with Gasteiger partial charge in [0, 0.05) is 12.4 Å². The van der Waals surface area contributed by atoms with Crippen LogP contribution < -0.4 is 0 Å². The maximum Gasteiger partial charge on any atom is 0.0273 e. The van der Waals surface area contributed by atoms with Crippen molar-refractivity contribution >= 4 is 12.2 Å². The number of benzene rings is 1. The molecule has 0 N–H and O–H groups in total. The van der Waals surface area contributed by atoms with E-state index in [-0.39, 0.29) is 0 Å². The van der Waals surface area contributed by atoms with Crippen LogP contribution in [0.5, 0.6) is 0 Å². The SMILES string of the molecule is C(/C=C\c1ccncc1)=C/c1ccccc1. The predicted molar refractivity (Wildman–Crippen MR) is 68.7 cm³/mol. The Kier molecular flexibility index (Phi) is 3.67. The van der Waals surface area contributed by atoms with E-state index in [0.717, 1.165) is 5.56 Å². The van der Waals surface area contributed by atoms with Gasteiger partial charge in [0.1, 0.15) is 0 Å². The maximum absolute atomic E-state index is 3.97. The van der Waals surface area contributed by atoms with E-state index in [0.29, 0.717) is 0 Å². The molecule has 0 saturated heterocycles. The summed E-state index contributed by atoms with van der Waals surface area (Å²) >= 11 is 0. The normalized spacial score (nSPS) is 11.2. The van der Waals surface area contributed by atoms with Gasteiger partial charge in [0.25, 0.3) is 0 Å². The molecule has 0 atom stereocenters. The highest BCUT2D eigenvalue weighted by Gasteiger charge is 1.82. The first-order valence-electron chi connectivity index (χ1n) is 5.25. The smallest absolute Gasteiger partial charge is 0.0273 e. The van der Waals surface area contributed by atoms with E-state index in [1.54, 1.807) is 12.4 Å². The van der Waals surface area contributed by atoms with Crippen molar-refractivity contribution in [2.24, 2.45) is 0 Å². The Morgan fingerprint density at radius 2 is 1.25 bits per heavy atom. The number of pyridine rings is 1. The molecule has 0 amide bonds. The van der Waals surface area contributed by atoms with Crippen LogP contribution in [0.4, 0.5) is 0 Å². The largest absolute Gasteiger partial charge is 0.265 e. The summed E-state index contributed by atoms with van der Waals surface area (Å²) < 4.78 is 0. The monoisotopic (exact) mass is 207 g/mol. The fraction of sp³-hybridized carbons (Fsp3) is 0. The Morgan fingerprint density at radius 3 is 1.88 bits per heavy atom. The second-order valence-corrected chi connectivity index (χ2v) is 3.41. The number of nitrogens with zero attached hydrogens (tertiary/aromatic N) is 1. The highest BCUT2D eigenvalue weighted by atomic mass is 14.6.